The van der Waals surface area contributed by atoms with Crippen molar-refractivity contribution in [1.29, 1.82) is 0 Å². The summed E-state index contributed by atoms with van der Waals surface area (Å²) < 4.78 is 34.8. The molecule has 11 heteroatoms. The van der Waals surface area contributed by atoms with Gasteiger partial charge in [-0.15, -0.1) is 0 Å². The van der Waals surface area contributed by atoms with E-state index in [2.05, 4.69) is 14.8 Å². The van der Waals surface area contributed by atoms with Crippen LogP contribution in [0, 0.1) is 18.2 Å². The molecule has 1 aliphatic rings. The maximum atomic E-state index is 14.4. The number of methoxy groups -OCH3 is 1. The number of hydrogen-bond acceptors (Lipinski definition) is 5. The first-order valence-electron chi connectivity index (χ1n) is 9.54. The first kappa shape index (κ1) is 21.7. The van der Waals surface area contributed by atoms with E-state index in [0.717, 1.165) is 12.1 Å². The Labute approximate surface area is 187 Å². The Balaban J connectivity index is 1.89. The number of imidazole rings is 1. The molecular formula is C21H17ClF2N6O2. The predicted molar refractivity (Wildman–Crippen MR) is 113 cm³/mol. The van der Waals surface area contributed by atoms with Gasteiger partial charge in [-0.05, 0) is 12.5 Å². The van der Waals surface area contributed by atoms with Crippen molar-refractivity contribution in [3.05, 3.63) is 64.4 Å². The van der Waals surface area contributed by atoms with E-state index in [0.29, 0.717) is 19.5 Å². The number of halogens is 3. The van der Waals surface area contributed by atoms with Gasteiger partial charge in [-0.25, -0.2) is 23.6 Å². The number of aromatic nitrogens is 3. The van der Waals surface area contributed by atoms with Crippen LogP contribution in [0.4, 0.5) is 14.5 Å². The molecule has 32 heavy (non-hydrogen) atoms. The lowest BCUT2D eigenvalue weighted by Gasteiger charge is -2.14. The summed E-state index contributed by atoms with van der Waals surface area (Å²) >= 11 is 6.55. The highest BCUT2D eigenvalue weighted by atomic mass is 35.5. The van der Waals surface area contributed by atoms with Gasteiger partial charge in [-0.3, -0.25) is 9.36 Å². The lowest BCUT2D eigenvalue weighted by Crippen LogP contribution is -2.32. The molecule has 164 valence electrons. The van der Waals surface area contributed by atoms with Gasteiger partial charge in [0, 0.05) is 30.8 Å². The molecule has 3 heterocycles. The summed E-state index contributed by atoms with van der Waals surface area (Å²) in [5.41, 5.74) is 6.05. The summed E-state index contributed by atoms with van der Waals surface area (Å²) in [6, 6.07) is 4.84. The summed E-state index contributed by atoms with van der Waals surface area (Å²) in [5.74, 6) is -2.10. The number of pyridine rings is 1. The van der Waals surface area contributed by atoms with Gasteiger partial charge in [0.15, 0.2) is 11.5 Å². The number of likely N-dealkylation sites (tertiary alicyclic amines) is 1. The van der Waals surface area contributed by atoms with E-state index in [-0.39, 0.29) is 45.5 Å². The van der Waals surface area contributed by atoms with Crippen molar-refractivity contribution in [2.45, 2.75) is 12.5 Å². The molecule has 0 aliphatic carbocycles. The molecule has 0 saturated carbocycles. The van der Waals surface area contributed by atoms with Crippen molar-refractivity contribution in [1.82, 2.24) is 19.4 Å². The average molecular weight is 459 g/mol. The molecule has 1 fully saturated rings. The van der Waals surface area contributed by atoms with Crippen LogP contribution in [0.2, 0.25) is 5.15 Å². The topological polar surface area (TPSA) is 90.6 Å². The van der Waals surface area contributed by atoms with E-state index >= 15 is 0 Å². The smallest absolute Gasteiger partial charge is 0.275 e. The zero-order valence-electron chi connectivity index (χ0n) is 16.8. The summed E-state index contributed by atoms with van der Waals surface area (Å²) in [6.45, 7) is 7.83. The Morgan fingerprint density at radius 2 is 2.12 bits per heavy atom. The van der Waals surface area contributed by atoms with Gasteiger partial charge in [-0.2, -0.15) is 0 Å². The Kier molecular flexibility index (Phi) is 5.78. The van der Waals surface area contributed by atoms with Crippen LogP contribution in [0.1, 0.15) is 16.9 Å². The van der Waals surface area contributed by atoms with Gasteiger partial charge in [0.1, 0.15) is 16.8 Å². The molecule has 0 bridgehead atoms. The number of carbonyl (C=O) groups is 1. The maximum absolute atomic E-state index is 14.4. The van der Waals surface area contributed by atoms with E-state index in [1.54, 1.807) is 0 Å². The van der Waals surface area contributed by atoms with Gasteiger partial charge < -0.3 is 15.4 Å². The predicted octanol–water partition coefficient (Wildman–Crippen LogP) is 3.60. The molecule has 2 N–H and O–H groups in total. The molecule has 0 radical (unpaired) electrons. The zero-order chi connectivity index (χ0) is 23.0. The van der Waals surface area contributed by atoms with Crippen molar-refractivity contribution < 1.29 is 18.3 Å². The third-order valence-corrected chi connectivity index (χ3v) is 5.45. The molecule has 1 aliphatic heterocycles. The monoisotopic (exact) mass is 458 g/mol. The highest BCUT2D eigenvalue weighted by Crippen LogP contribution is 2.33. The van der Waals surface area contributed by atoms with Gasteiger partial charge in [0.05, 0.1) is 25.6 Å². The van der Waals surface area contributed by atoms with Crippen LogP contribution < -0.4 is 10.5 Å². The molecule has 1 amide bonds. The summed E-state index contributed by atoms with van der Waals surface area (Å²) in [4.78, 5) is 26.0. The minimum atomic E-state index is -0.763. The van der Waals surface area contributed by atoms with E-state index in [1.807, 2.05) is 0 Å². The fourth-order valence-electron chi connectivity index (χ4n) is 3.51. The van der Waals surface area contributed by atoms with Crippen molar-refractivity contribution in [3.63, 3.8) is 0 Å². The number of benzene rings is 1. The lowest BCUT2D eigenvalue weighted by molar-refractivity contribution is 0.0786. The fraction of sp³-hybridized carbons (Fsp3) is 0.238. The molecule has 2 aromatic heterocycles. The molecule has 0 spiro atoms. The molecule has 1 aromatic carbocycles. The van der Waals surface area contributed by atoms with E-state index in [1.165, 1.54) is 34.9 Å². The van der Waals surface area contributed by atoms with E-state index in [9.17, 15) is 13.6 Å². The van der Waals surface area contributed by atoms with Crippen LogP contribution in [0.25, 0.3) is 21.9 Å². The Hall–Kier alpha value is -3.55. The second kappa shape index (κ2) is 8.53. The van der Waals surface area contributed by atoms with Crippen LogP contribution in [-0.2, 0) is 0 Å². The number of amides is 1. The molecular weight excluding hydrogens is 442 g/mol. The Bertz CT molecular complexity index is 1260. The number of rotatable bonds is 4. The van der Waals surface area contributed by atoms with Crippen molar-refractivity contribution in [2.75, 3.05) is 20.2 Å². The standard InChI is InChI=1S/C21H17ClF2N6O2/c1-26-16-4-3-11(7-14(16)23)19-28-17(21(31)29-6-5-12(25)10-29)18(22)30(19)13-8-15(24)20(32-2)27-9-13/h3-4,7-9,12H,5-6,10,25H2,2H3/t12-/m0/s1. The Morgan fingerprint density at radius 1 is 1.34 bits per heavy atom. The highest BCUT2D eigenvalue weighted by Gasteiger charge is 2.31. The first-order valence-corrected chi connectivity index (χ1v) is 9.92. The van der Waals surface area contributed by atoms with Crippen LogP contribution in [0.3, 0.4) is 0 Å². The zero-order valence-corrected chi connectivity index (χ0v) is 17.6. The summed E-state index contributed by atoms with van der Waals surface area (Å²) in [6.07, 6.45) is 1.94. The first-order chi connectivity index (χ1) is 15.3. The van der Waals surface area contributed by atoms with Crippen molar-refractivity contribution in [2.24, 2.45) is 5.73 Å². The van der Waals surface area contributed by atoms with E-state index < -0.39 is 17.5 Å². The SMILES string of the molecule is [C-]#[N+]c1ccc(-c2nc(C(=O)N3CC[C@H](N)C3)c(Cl)n2-c2cnc(OC)c(F)c2)cc1F. The van der Waals surface area contributed by atoms with Crippen molar-refractivity contribution in [3.8, 4) is 23.0 Å². The summed E-state index contributed by atoms with van der Waals surface area (Å²) in [5, 5.41) is -0.0912. The largest absolute Gasteiger partial charge is 0.479 e. The number of carbonyl (C=O) groups excluding carboxylic acids is 1. The maximum Gasteiger partial charge on any atom is 0.275 e. The molecule has 8 nitrogen and oxygen atoms in total. The fourth-order valence-corrected chi connectivity index (χ4v) is 3.81. The van der Waals surface area contributed by atoms with Crippen LogP contribution in [0.15, 0.2) is 30.5 Å². The molecule has 4 rings (SSSR count). The average Bonchev–Trinajstić information content (AvgIpc) is 3.36. The normalized spacial score (nSPS) is 15.6. The minimum absolute atomic E-state index is 0.0818. The van der Waals surface area contributed by atoms with Gasteiger partial charge in [-0.1, -0.05) is 23.7 Å². The van der Waals surface area contributed by atoms with Gasteiger partial charge in [0.25, 0.3) is 5.91 Å². The molecule has 3 aromatic rings. The quantitative estimate of drug-likeness (QED) is 0.603. The number of hydrogen-bond donors (Lipinski definition) is 1. The second-order valence-corrected chi connectivity index (χ2v) is 7.53. The second-order valence-electron chi connectivity index (χ2n) is 7.17. The number of nitrogens with two attached hydrogens (primary N) is 1. The summed E-state index contributed by atoms with van der Waals surface area (Å²) in [7, 11) is 1.28. The third kappa shape index (κ3) is 3.77. The van der Waals surface area contributed by atoms with Crippen LogP contribution in [-0.4, -0.2) is 51.6 Å². The minimum Gasteiger partial charge on any atom is -0.479 e. The number of nitrogens with zero attached hydrogens (tertiary/aromatic N) is 5. The highest BCUT2D eigenvalue weighted by molar-refractivity contribution is 6.33. The lowest BCUT2D eigenvalue weighted by atomic mass is 10.2. The van der Waals surface area contributed by atoms with Crippen LogP contribution >= 0.6 is 11.6 Å². The molecule has 0 unspecified atom stereocenters. The van der Waals surface area contributed by atoms with Crippen LogP contribution in [0.5, 0.6) is 5.88 Å². The molecule has 1 saturated heterocycles. The Morgan fingerprint density at radius 3 is 2.72 bits per heavy atom. The van der Waals surface area contributed by atoms with Crippen molar-refractivity contribution >= 4 is 23.2 Å². The third-order valence-electron chi connectivity index (χ3n) is 5.11. The van der Waals surface area contributed by atoms with E-state index in [4.69, 9.17) is 28.6 Å². The van der Waals surface area contributed by atoms with Gasteiger partial charge >= 0.3 is 0 Å². The number of ether oxygens (including phenoxy) is 1. The van der Waals surface area contributed by atoms with Gasteiger partial charge in [0.2, 0.25) is 11.6 Å². The molecule has 1 atom stereocenters.